The van der Waals surface area contributed by atoms with E-state index in [0.717, 1.165) is 12.8 Å². The van der Waals surface area contributed by atoms with Gasteiger partial charge in [-0.3, -0.25) is 4.79 Å². The normalized spacial score (nSPS) is 29.8. The second-order valence-corrected chi connectivity index (χ2v) is 7.04. The molecule has 1 saturated carbocycles. The monoisotopic (exact) mass is 275 g/mol. The lowest BCUT2D eigenvalue weighted by molar-refractivity contribution is -0.121. The smallest absolute Gasteiger partial charge is 0.234 e. The van der Waals surface area contributed by atoms with Gasteiger partial charge >= 0.3 is 0 Å². The van der Waals surface area contributed by atoms with Crippen LogP contribution in [0, 0.1) is 5.92 Å². The van der Waals surface area contributed by atoms with Gasteiger partial charge in [0.25, 0.3) is 0 Å². The summed E-state index contributed by atoms with van der Waals surface area (Å²) in [5, 5.41) is 3.36. The molecule has 19 heavy (non-hydrogen) atoms. The van der Waals surface area contributed by atoms with Gasteiger partial charge in [-0.15, -0.1) is 11.8 Å². The molecule has 2 aliphatic rings. The molecule has 0 radical (unpaired) electrons. The maximum absolute atomic E-state index is 12.4. The van der Waals surface area contributed by atoms with E-state index in [4.69, 9.17) is 0 Å². The standard InChI is InChI=1S/C16H21NOS/c1-11-6-2-4-8-13(11)17-16(18)15-10-12-7-3-5-9-14(12)19-15/h3,5,7,9,11,13,15H,2,4,6,8,10H2,1H3,(H,17,18)/t11-,13+,15-/m1/s1. The minimum absolute atomic E-state index is 0.0755. The summed E-state index contributed by atoms with van der Waals surface area (Å²) in [5.41, 5.74) is 1.32. The fraction of sp³-hybridized carbons (Fsp3) is 0.562. The quantitative estimate of drug-likeness (QED) is 0.896. The van der Waals surface area contributed by atoms with Crippen molar-refractivity contribution < 1.29 is 4.79 Å². The second kappa shape index (κ2) is 5.58. The molecule has 1 aromatic rings. The highest BCUT2D eigenvalue weighted by Gasteiger charge is 2.31. The maximum atomic E-state index is 12.4. The fourth-order valence-corrected chi connectivity index (χ4v) is 4.34. The Balaban J connectivity index is 1.60. The molecule has 3 rings (SSSR count). The van der Waals surface area contributed by atoms with Crippen molar-refractivity contribution in [2.75, 3.05) is 0 Å². The van der Waals surface area contributed by atoms with E-state index in [1.165, 1.54) is 29.7 Å². The Morgan fingerprint density at radius 3 is 2.84 bits per heavy atom. The van der Waals surface area contributed by atoms with E-state index in [-0.39, 0.29) is 11.2 Å². The Kier molecular flexibility index (Phi) is 3.83. The number of fused-ring (bicyclic) bond motifs is 1. The molecule has 0 spiro atoms. The van der Waals surface area contributed by atoms with Crippen LogP contribution in [0.15, 0.2) is 29.2 Å². The summed E-state index contributed by atoms with van der Waals surface area (Å²) in [6, 6.07) is 8.76. The van der Waals surface area contributed by atoms with Crippen LogP contribution in [0.3, 0.4) is 0 Å². The number of carbonyl (C=O) groups excluding carboxylic acids is 1. The average molecular weight is 275 g/mol. The molecule has 1 amide bonds. The van der Waals surface area contributed by atoms with Crippen LogP contribution in [0.5, 0.6) is 0 Å². The number of amides is 1. The van der Waals surface area contributed by atoms with Gasteiger partial charge < -0.3 is 5.32 Å². The van der Waals surface area contributed by atoms with E-state index < -0.39 is 0 Å². The molecule has 0 saturated heterocycles. The molecular weight excluding hydrogens is 254 g/mol. The molecular formula is C16H21NOS. The van der Waals surface area contributed by atoms with E-state index >= 15 is 0 Å². The number of nitrogens with one attached hydrogen (secondary N) is 1. The number of rotatable bonds is 2. The Bertz CT molecular complexity index is 449. The van der Waals surface area contributed by atoms with Crippen molar-refractivity contribution >= 4 is 17.7 Å². The summed E-state index contributed by atoms with van der Waals surface area (Å²) >= 11 is 1.72. The summed E-state index contributed by atoms with van der Waals surface area (Å²) in [6.07, 6.45) is 5.86. The summed E-state index contributed by atoms with van der Waals surface area (Å²) in [7, 11) is 0. The van der Waals surface area contributed by atoms with E-state index in [1.54, 1.807) is 11.8 Å². The van der Waals surface area contributed by atoms with Crippen molar-refractivity contribution in [2.45, 2.75) is 55.2 Å². The third kappa shape index (κ3) is 2.81. The van der Waals surface area contributed by atoms with Gasteiger partial charge in [0.15, 0.2) is 0 Å². The van der Waals surface area contributed by atoms with Crippen LogP contribution in [-0.2, 0) is 11.2 Å². The first-order valence-corrected chi connectivity index (χ1v) is 8.17. The van der Waals surface area contributed by atoms with Crippen molar-refractivity contribution in [2.24, 2.45) is 5.92 Å². The minimum Gasteiger partial charge on any atom is -0.352 e. The molecule has 2 nitrogen and oxygen atoms in total. The van der Waals surface area contributed by atoms with Crippen molar-refractivity contribution in [3.8, 4) is 0 Å². The largest absolute Gasteiger partial charge is 0.352 e. The Morgan fingerprint density at radius 2 is 2.05 bits per heavy atom. The van der Waals surface area contributed by atoms with E-state index in [1.807, 2.05) is 0 Å². The first kappa shape index (κ1) is 13.0. The summed E-state index contributed by atoms with van der Waals surface area (Å²) in [4.78, 5) is 13.7. The van der Waals surface area contributed by atoms with Crippen molar-refractivity contribution in [1.29, 1.82) is 0 Å². The van der Waals surface area contributed by atoms with Crippen LogP contribution in [-0.4, -0.2) is 17.2 Å². The summed E-state index contributed by atoms with van der Waals surface area (Å²) in [5.74, 6) is 0.867. The van der Waals surface area contributed by atoms with Crippen LogP contribution in [0.4, 0.5) is 0 Å². The molecule has 1 aliphatic heterocycles. The van der Waals surface area contributed by atoms with Crippen LogP contribution in [0.2, 0.25) is 0 Å². The predicted molar refractivity (Wildman–Crippen MR) is 79.4 cm³/mol. The molecule has 102 valence electrons. The molecule has 1 aromatic carbocycles. The maximum Gasteiger partial charge on any atom is 0.234 e. The van der Waals surface area contributed by atoms with Gasteiger partial charge in [0.2, 0.25) is 5.91 Å². The lowest BCUT2D eigenvalue weighted by Crippen LogP contribution is -2.44. The SMILES string of the molecule is C[C@@H]1CCCC[C@@H]1NC(=O)[C@H]1Cc2ccccc2S1. The highest BCUT2D eigenvalue weighted by molar-refractivity contribution is 8.01. The highest BCUT2D eigenvalue weighted by Crippen LogP contribution is 2.37. The van der Waals surface area contributed by atoms with Gasteiger partial charge in [0, 0.05) is 10.9 Å². The number of hydrogen-bond donors (Lipinski definition) is 1. The Labute approximate surface area is 119 Å². The number of carbonyl (C=O) groups is 1. The van der Waals surface area contributed by atoms with E-state index in [0.29, 0.717) is 12.0 Å². The third-order valence-corrected chi connectivity index (χ3v) is 5.70. The molecule has 1 fully saturated rings. The first-order valence-electron chi connectivity index (χ1n) is 7.29. The highest BCUT2D eigenvalue weighted by atomic mass is 32.2. The van der Waals surface area contributed by atoms with E-state index in [2.05, 4.69) is 36.5 Å². The van der Waals surface area contributed by atoms with Crippen molar-refractivity contribution in [1.82, 2.24) is 5.32 Å². The van der Waals surface area contributed by atoms with Crippen LogP contribution >= 0.6 is 11.8 Å². The lowest BCUT2D eigenvalue weighted by Gasteiger charge is -2.30. The van der Waals surface area contributed by atoms with Gasteiger partial charge in [-0.1, -0.05) is 38.0 Å². The summed E-state index contributed by atoms with van der Waals surface area (Å²) < 4.78 is 0. The van der Waals surface area contributed by atoms with Gasteiger partial charge in [0.05, 0.1) is 5.25 Å². The van der Waals surface area contributed by atoms with E-state index in [9.17, 15) is 4.79 Å². The van der Waals surface area contributed by atoms with Gasteiger partial charge in [-0.2, -0.15) is 0 Å². The summed E-state index contributed by atoms with van der Waals surface area (Å²) in [6.45, 7) is 2.26. The molecule has 3 heteroatoms. The van der Waals surface area contributed by atoms with Crippen LogP contribution in [0.1, 0.15) is 38.2 Å². The molecule has 1 heterocycles. The zero-order chi connectivity index (χ0) is 13.2. The Hall–Kier alpha value is -0.960. The topological polar surface area (TPSA) is 29.1 Å². The number of hydrogen-bond acceptors (Lipinski definition) is 2. The third-order valence-electron chi connectivity index (χ3n) is 4.38. The van der Waals surface area contributed by atoms with Gasteiger partial charge in [-0.25, -0.2) is 0 Å². The predicted octanol–water partition coefficient (Wildman–Crippen LogP) is 3.40. The van der Waals surface area contributed by atoms with Gasteiger partial charge in [-0.05, 0) is 36.8 Å². The lowest BCUT2D eigenvalue weighted by atomic mass is 9.86. The van der Waals surface area contributed by atoms with Gasteiger partial charge in [0.1, 0.15) is 0 Å². The number of thioether (sulfide) groups is 1. The van der Waals surface area contributed by atoms with Crippen LogP contribution in [0.25, 0.3) is 0 Å². The zero-order valence-electron chi connectivity index (χ0n) is 11.4. The second-order valence-electron chi connectivity index (χ2n) is 5.80. The molecule has 1 aliphatic carbocycles. The Morgan fingerprint density at radius 1 is 1.26 bits per heavy atom. The minimum atomic E-state index is 0.0755. The fourth-order valence-electron chi connectivity index (χ4n) is 3.13. The molecule has 1 N–H and O–H groups in total. The average Bonchev–Trinajstić information content (AvgIpc) is 2.85. The number of benzene rings is 1. The zero-order valence-corrected chi connectivity index (χ0v) is 12.2. The molecule has 0 aromatic heterocycles. The molecule has 0 unspecified atom stereocenters. The molecule has 0 bridgehead atoms. The van der Waals surface area contributed by atoms with Crippen molar-refractivity contribution in [3.05, 3.63) is 29.8 Å². The first-order chi connectivity index (χ1) is 9.24. The van der Waals surface area contributed by atoms with Crippen molar-refractivity contribution in [3.63, 3.8) is 0 Å². The van der Waals surface area contributed by atoms with Crippen LogP contribution < -0.4 is 5.32 Å². The molecule has 3 atom stereocenters.